The Morgan fingerprint density at radius 2 is 2.31 bits per heavy atom. The van der Waals surface area contributed by atoms with Crippen molar-refractivity contribution < 1.29 is 9.47 Å². The molecule has 0 aliphatic heterocycles. The van der Waals surface area contributed by atoms with Crippen LogP contribution in [0.2, 0.25) is 0 Å². The molecule has 0 unspecified atom stereocenters. The van der Waals surface area contributed by atoms with E-state index in [0.29, 0.717) is 13.2 Å². The highest BCUT2D eigenvalue weighted by Crippen LogP contribution is 1.93. The predicted molar refractivity (Wildman–Crippen MR) is 64.0 cm³/mol. The van der Waals surface area contributed by atoms with Crippen LogP contribution in [0, 0.1) is 0 Å². The van der Waals surface area contributed by atoms with Crippen LogP contribution in [0.25, 0.3) is 0 Å². The normalized spacial score (nSPS) is 10.8. The van der Waals surface area contributed by atoms with Gasteiger partial charge >= 0.3 is 4.87 Å². The van der Waals surface area contributed by atoms with Crippen LogP contribution in [0.4, 0.5) is 0 Å². The molecule has 1 rings (SSSR count). The zero-order valence-corrected chi connectivity index (χ0v) is 10.3. The number of rotatable bonds is 9. The number of thiazole rings is 1. The van der Waals surface area contributed by atoms with Crippen LogP contribution < -0.4 is 10.2 Å². The number of nitrogens with one attached hydrogen (secondary N) is 2. The maximum absolute atomic E-state index is 10.8. The van der Waals surface area contributed by atoms with Gasteiger partial charge in [0, 0.05) is 44.5 Å². The van der Waals surface area contributed by atoms with Crippen molar-refractivity contribution >= 4 is 11.3 Å². The Hall–Kier alpha value is -0.690. The topological polar surface area (TPSA) is 63.4 Å². The SMILES string of the molecule is COCCCOCCNCc1csc(=O)[nH]1. The molecule has 5 nitrogen and oxygen atoms in total. The summed E-state index contributed by atoms with van der Waals surface area (Å²) in [4.78, 5) is 13.6. The average molecular weight is 246 g/mol. The third kappa shape index (κ3) is 6.02. The maximum Gasteiger partial charge on any atom is 0.304 e. The minimum absolute atomic E-state index is 0.00684. The van der Waals surface area contributed by atoms with E-state index in [9.17, 15) is 4.79 Å². The Labute approximate surface area is 98.8 Å². The first-order chi connectivity index (χ1) is 7.83. The largest absolute Gasteiger partial charge is 0.385 e. The number of ether oxygens (including phenoxy) is 2. The zero-order chi connectivity index (χ0) is 11.6. The molecule has 0 spiro atoms. The van der Waals surface area contributed by atoms with Gasteiger partial charge in [0.2, 0.25) is 0 Å². The van der Waals surface area contributed by atoms with E-state index in [0.717, 1.165) is 31.9 Å². The smallest absolute Gasteiger partial charge is 0.304 e. The van der Waals surface area contributed by atoms with E-state index in [1.165, 1.54) is 11.3 Å². The fourth-order valence-electron chi connectivity index (χ4n) is 1.18. The van der Waals surface area contributed by atoms with Crippen LogP contribution in [0.5, 0.6) is 0 Å². The molecule has 92 valence electrons. The Kier molecular flexibility index (Phi) is 7.07. The highest BCUT2D eigenvalue weighted by atomic mass is 32.1. The lowest BCUT2D eigenvalue weighted by atomic mass is 10.5. The van der Waals surface area contributed by atoms with Gasteiger partial charge in [0.05, 0.1) is 6.61 Å². The second-order valence-corrected chi connectivity index (χ2v) is 4.15. The molecule has 0 aromatic carbocycles. The van der Waals surface area contributed by atoms with E-state index in [-0.39, 0.29) is 4.87 Å². The Morgan fingerprint density at radius 3 is 3.00 bits per heavy atom. The molecule has 1 aromatic heterocycles. The summed E-state index contributed by atoms with van der Waals surface area (Å²) in [7, 11) is 1.68. The van der Waals surface area contributed by atoms with Crippen molar-refractivity contribution in [2.75, 3.05) is 33.5 Å². The van der Waals surface area contributed by atoms with Crippen LogP contribution in [0.3, 0.4) is 0 Å². The highest BCUT2D eigenvalue weighted by molar-refractivity contribution is 7.07. The van der Waals surface area contributed by atoms with Crippen molar-refractivity contribution in [2.24, 2.45) is 0 Å². The van der Waals surface area contributed by atoms with Crippen molar-refractivity contribution in [3.63, 3.8) is 0 Å². The lowest BCUT2D eigenvalue weighted by Crippen LogP contribution is -2.20. The van der Waals surface area contributed by atoms with E-state index in [2.05, 4.69) is 10.3 Å². The van der Waals surface area contributed by atoms with Gasteiger partial charge in [-0.05, 0) is 6.42 Å². The van der Waals surface area contributed by atoms with E-state index >= 15 is 0 Å². The van der Waals surface area contributed by atoms with Gasteiger partial charge in [-0.25, -0.2) is 0 Å². The first-order valence-electron chi connectivity index (χ1n) is 5.27. The number of H-pyrrole nitrogens is 1. The van der Waals surface area contributed by atoms with Gasteiger partial charge in [0.15, 0.2) is 0 Å². The second-order valence-electron chi connectivity index (χ2n) is 3.31. The van der Waals surface area contributed by atoms with Gasteiger partial charge in [0.25, 0.3) is 0 Å². The summed E-state index contributed by atoms with van der Waals surface area (Å²) in [6.45, 7) is 3.61. The molecule has 0 saturated carbocycles. The number of aromatic nitrogens is 1. The third-order valence-electron chi connectivity index (χ3n) is 1.95. The Bertz CT molecular complexity index is 324. The molecule has 6 heteroatoms. The molecule has 0 fully saturated rings. The molecule has 0 aliphatic rings. The molecule has 0 aliphatic carbocycles. The van der Waals surface area contributed by atoms with Gasteiger partial charge < -0.3 is 19.8 Å². The van der Waals surface area contributed by atoms with Gasteiger partial charge in [-0.1, -0.05) is 11.3 Å². The first kappa shape index (κ1) is 13.4. The third-order valence-corrected chi connectivity index (χ3v) is 2.67. The van der Waals surface area contributed by atoms with Gasteiger partial charge in [-0.15, -0.1) is 0 Å². The van der Waals surface area contributed by atoms with Crippen molar-refractivity contribution in [3.05, 3.63) is 20.7 Å². The summed E-state index contributed by atoms with van der Waals surface area (Å²) in [5.41, 5.74) is 0.925. The molecule has 0 amide bonds. The molecule has 0 radical (unpaired) electrons. The summed E-state index contributed by atoms with van der Waals surface area (Å²) in [5.74, 6) is 0. The monoisotopic (exact) mass is 246 g/mol. The Morgan fingerprint density at radius 1 is 1.44 bits per heavy atom. The summed E-state index contributed by atoms with van der Waals surface area (Å²) in [5, 5.41) is 5.01. The molecule has 1 aromatic rings. The fraction of sp³-hybridized carbons (Fsp3) is 0.700. The summed E-state index contributed by atoms with van der Waals surface area (Å²) in [6.07, 6.45) is 0.925. The van der Waals surface area contributed by atoms with E-state index in [1.54, 1.807) is 7.11 Å². The summed E-state index contributed by atoms with van der Waals surface area (Å²) >= 11 is 1.19. The number of hydrogen-bond donors (Lipinski definition) is 2. The molecule has 0 saturated heterocycles. The second kappa shape index (κ2) is 8.46. The van der Waals surface area contributed by atoms with Crippen LogP contribution in [-0.4, -0.2) is 38.5 Å². The predicted octanol–water partition coefficient (Wildman–Crippen LogP) is 0.579. The zero-order valence-electron chi connectivity index (χ0n) is 9.45. The summed E-state index contributed by atoms with van der Waals surface area (Å²) in [6, 6.07) is 0. The minimum atomic E-state index is -0.00684. The quantitative estimate of drug-likeness (QED) is 0.626. The molecule has 1 heterocycles. The maximum atomic E-state index is 10.8. The number of methoxy groups -OCH3 is 1. The lowest BCUT2D eigenvalue weighted by molar-refractivity contribution is 0.104. The fourth-order valence-corrected chi connectivity index (χ4v) is 1.76. The highest BCUT2D eigenvalue weighted by Gasteiger charge is 1.95. The van der Waals surface area contributed by atoms with Crippen molar-refractivity contribution in [2.45, 2.75) is 13.0 Å². The van der Waals surface area contributed by atoms with Crippen LogP contribution in [0.15, 0.2) is 10.2 Å². The molecular weight excluding hydrogens is 228 g/mol. The minimum Gasteiger partial charge on any atom is -0.385 e. The standard InChI is InChI=1S/C10H18N2O3S/c1-14-4-2-5-15-6-3-11-7-9-8-16-10(13)12-9/h8,11H,2-7H2,1H3,(H,12,13). The van der Waals surface area contributed by atoms with Crippen molar-refractivity contribution in [1.29, 1.82) is 0 Å². The van der Waals surface area contributed by atoms with E-state index < -0.39 is 0 Å². The van der Waals surface area contributed by atoms with Gasteiger partial charge in [0.1, 0.15) is 0 Å². The van der Waals surface area contributed by atoms with Crippen LogP contribution in [-0.2, 0) is 16.0 Å². The molecule has 16 heavy (non-hydrogen) atoms. The van der Waals surface area contributed by atoms with Gasteiger partial charge in [-0.3, -0.25) is 4.79 Å². The molecule has 2 N–H and O–H groups in total. The molecule has 0 bridgehead atoms. The van der Waals surface area contributed by atoms with Crippen LogP contribution in [0.1, 0.15) is 12.1 Å². The molecular formula is C10H18N2O3S. The Balaban J connectivity index is 1.90. The molecule has 0 atom stereocenters. The number of hydrogen-bond acceptors (Lipinski definition) is 5. The van der Waals surface area contributed by atoms with Crippen LogP contribution >= 0.6 is 11.3 Å². The van der Waals surface area contributed by atoms with E-state index in [1.807, 2.05) is 5.38 Å². The van der Waals surface area contributed by atoms with Crippen molar-refractivity contribution in [1.82, 2.24) is 10.3 Å². The first-order valence-corrected chi connectivity index (χ1v) is 6.15. The average Bonchev–Trinajstić information content (AvgIpc) is 2.68. The van der Waals surface area contributed by atoms with Crippen molar-refractivity contribution in [3.8, 4) is 0 Å². The number of aromatic amines is 1. The van der Waals surface area contributed by atoms with E-state index in [4.69, 9.17) is 9.47 Å². The summed E-state index contributed by atoms with van der Waals surface area (Å²) < 4.78 is 10.3. The van der Waals surface area contributed by atoms with Gasteiger partial charge in [-0.2, -0.15) is 0 Å². The lowest BCUT2D eigenvalue weighted by Gasteiger charge is -2.04.